The number of nitrogens with zero attached hydrogens (tertiary/aromatic N) is 3. The van der Waals surface area contributed by atoms with Gasteiger partial charge in [-0.1, -0.05) is 29.5 Å². The van der Waals surface area contributed by atoms with Gasteiger partial charge in [0.25, 0.3) is 5.91 Å². The van der Waals surface area contributed by atoms with E-state index in [4.69, 9.17) is 16.3 Å². The number of halogens is 1. The monoisotopic (exact) mass is 311 g/mol. The zero-order chi connectivity index (χ0) is 14.7. The molecule has 0 spiro atoms. The predicted octanol–water partition coefficient (Wildman–Crippen LogP) is 3.03. The van der Waals surface area contributed by atoms with Crippen molar-refractivity contribution in [2.75, 3.05) is 14.2 Å². The molecule has 0 aliphatic carbocycles. The topological polar surface area (TPSA) is 55.3 Å². The summed E-state index contributed by atoms with van der Waals surface area (Å²) in [6.45, 7) is 1.93. The Bertz CT molecular complexity index is 617. The maximum atomic E-state index is 12.3. The molecule has 1 amide bonds. The van der Waals surface area contributed by atoms with E-state index < -0.39 is 0 Å². The van der Waals surface area contributed by atoms with Crippen LogP contribution in [0.3, 0.4) is 0 Å². The summed E-state index contributed by atoms with van der Waals surface area (Å²) in [5.41, 5.74) is 0.932. The summed E-state index contributed by atoms with van der Waals surface area (Å²) < 4.78 is 5.58. The second kappa shape index (κ2) is 6.19. The molecule has 0 saturated heterocycles. The van der Waals surface area contributed by atoms with Gasteiger partial charge in [-0.2, -0.15) is 0 Å². The first-order valence-electron chi connectivity index (χ1n) is 5.93. The summed E-state index contributed by atoms with van der Waals surface area (Å²) >= 11 is 6.78. The van der Waals surface area contributed by atoms with Gasteiger partial charge in [-0.15, -0.1) is 10.2 Å². The Morgan fingerprint density at radius 1 is 1.40 bits per heavy atom. The third-order valence-corrected chi connectivity index (χ3v) is 4.08. The third-order valence-electron chi connectivity index (χ3n) is 3.07. The molecule has 1 aromatic heterocycles. The van der Waals surface area contributed by atoms with Crippen molar-refractivity contribution in [3.8, 4) is 5.75 Å². The van der Waals surface area contributed by atoms with Gasteiger partial charge in [-0.25, -0.2) is 0 Å². The number of ether oxygens (including phenoxy) is 1. The van der Waals surface area contributed by atoms with E-state index in [0.29, 0.717) is 0 Å². The molecule has 1 unspecified atom stereocenters. The Balaban J connectivity index is 2.24. The fourth-order valence-corrected chi connectivity index (χ4v) is 2.65. The molecular formula is C13H14ClN3O2S. The number of benzene rings is 1. The van der Waals surface area contributed by atoms with Crippen LogP contribution in [0.1, 0.15) is 28.3 Å². The van der Waals surface area contributed by atoms with Gasteiger partial charge in [-0.3, -0.25) is 4.79 Å². The SMILES string of the molecule is COc1ccccc1C(C)N(C)C(=O)c1nnc(Cl)s1. The van der Waals surface area contributed by atoms with Crippen LogP contribution in [0.25, 0.3) is 0 Å². The number of amides is 1. The fourth-order valence-electron chi connectivity index (χ4n) is 1.84. The molecule has 0 aliphatic heterocycles. The van der Waals surface area contributed by atoms with Gasteiger partial charge >= 0.3 is 0 Å². The van der Waals surface area contributed by atoms with Crippen molar-refractivity contribution in [3.63, 3.8) is 0 Å². The smallest absolute Gasteiger partial charge is 0.285 e. The van der Waals surface area contributed by atoms with Gasteiger partial charge in [0, 0.05) is 12.6 Å². The first-order valence-corrected chi connectivity index (χ1v) is 7.13. The minimum Gasteiger partial charge on any atom is -0.496 e. The number of para-hydroxylation sites is 1. The van der Waals surface area contributed by atoms with Crippen LogP contribution in [0.5, 0.6) is 5.75 Å². The quantitative estimate of drug-likeness (QED) is 0.871. The maximum absolute atomic E-state index is 12.3. The molecule has 0 saturated carbocycles. The van der Waals surface area contributed by atoms with Gasteiger partial charge in [-0.05, 0) is 24.6 Å². The van der Waals surface area contributed by atoms with Crippen molar-refractivity contribution >= 4 is 28.8 Å². The van der Waals surface area contributed by atoms with Gasteiger partial charge in [0.2, 0.25) is 9.47 Å². The molecule has 2 rings (SSSR count). The number of methoxy groups -OCH3 is 1. The number of carbonyl (C=O) groups excluding carboxylic acids is 1. The van der Waals surface area contributed by atoms with E-state index in [9.17, 15) is 4.79 Å². The number of hydrogen-bond acceptors (Lipinski definition) is 5. The van der Waals surface area contributed by atoms with Gasteiger partial charge in [0.15, 0.2) is 0 Å². The van der Waals surface area contributed by atoms with E-state index in [1.807, 2.05) is 31.2 Å². The van der Waals surface area contributed by atoms with Crippen LogP contribution in [0.4, 0.5) is 0 Å². The fraction of sp³-hybridized carbons (Fsp3) is 0.308. The summed E-state index contributed by atoms with van der Waals surface area (Å²) in [4.78, 5) is 13.9. The van der Waals surface area contributed by atoms with Crippen LogP contribution >= 0.6 is 22.9 Å². The molecule has 1 atom stereocenters. The molecule has 20 heavy (non-hydrogen) atoms. The Morgan fingerprint density at radius 3 is 2.70 bits per heavy atom. The standard InChI is InChI=1S/C13H14ClN3O2S/c1-8(9-6-4-5-7-10(9)19-3)17(2)12(18)11-15-16-13(14)20-11/h4-8H,1-3H3. The highest BCUT2D eigenvalue weighted by Gasteiger charge is 2.23. The molecule has 106 valence electrons. The third kappa shape index (κ3) is 2.91. The molecule has 0 aliphatic rings. The highest BCUT2D eigenvalue weighted by Crippen LogP contribution is 2.29. The average Bonchev–Trinajstić information content (AvgIpc) is 2.91. The van der Waals surface area contributed by atoms with Crippen molar-refractivity contribution in [1.82, 2.24) is 15.1 Å². The minimum atomic E-state index is -0.215. The van der Waals surface area contributed by atoms with Crippen LogP contribution in [0.2, 0.25) is 4.47 Å². The van der Waals surface area contributed by atoms with E-state index in [2.05, 4.69) is 10.2 Å². The highest BCUT2D eigenvalue weighted by atomic mass is 35.5. The molecule has 0 fully saturated rings. The minimum absolute atomic E-state index is 0.152. The van der Waals surface area contributed by atoms with Crippen LogP contribution in [-0.4, -0.2) is 35.2 Å². The largest absolute Gasteiger partial charge is 0.496 e. The summed E-state index contributed by atoms with van der Waals surface area (Å²) in [6.07, 6.45) is 0. The molecule has 1 heterocycles. The molecular weight excluding hydrogens is 298 g/mol. The van der Waals surface area contributed by atoms with Crippen molar-refractivity contribution in [2.24, 2.45) is 0 Å². The molecule has 2 aromatic rings. The zero-order valence-electron chi connectivity index (χ0n) is 11.3. The van der Waals surface area contributed by atoms with Crippen molar-refractivity contribution in [3.05, 3.63) is 39.3 Å². The maximum Gasteiger partial charge on any atom is 0.285 e. The highest BCUT2D eigenvalue weighted by molar-refractivity contribution is 7.17. The Labute approximate surface area is 126 Å². The lowest BCUT2D eigenvalue weighted by Crippen LogP contribution is -2.29. The number of aromatic nitrogens is 2. The predicted molar refractivity (Wildman–Crippen MR) is 78.4 cm³/mol. The number of rotatable bonds is 4. The number of hydrogen-bond donors (Lipinski definition) is 0. The lowest BCUT2D eigenvalue weighted by atomic mass is 10.1. The van der Waals surface area contributed by atoms with Gasteiger partial charge in [0.05, 0.1) is 13.2 Å². The second-order valence-corrected chi connectivity index (χ2v) is 5.75. The molecule has 0 radical (unpaired) electrons. The second-order valence-electron chi connectivity index (χ2n) is 4.19. The lowest BCUT2D eigenvalue weighted by molar-refractivity contribution is 0.0740. The summed E-state index contributed by atoms with van der Waals surface area (Å²) in [6, 6.07) is 7.45. The van der Waals surface area contributed by atoms with Gasteiger partial charge in [0.1, 0.15) is 5.75 Å². The van der Waals surface area contributed by atoms with E-state index >= 15 is 0 Å². The Morgan fingerprint density at radius 2 is 2.10 bits per heavy atom. The molecule has 0 N–H and O–H groups in total. The Kier molecular flexibility index (Phi) is 4.57. The van der Waals surface area contributed by atoms with E-state index in [0.717, 1.165) is 22.6 Å². The lowest BCUT2D eigenvalue weighted by Gasteiger charge is -2.25. The molecule has 1 aromatic carbocycles. The normalized spacial score (nSPS) is 12.0. The van der Waals surface area contributed by atoms with E-state index in [1.165, 1.54) is 0 Å². The first kappa shape index (κ1) is 14.7. The number of carbonyl (C=O) groups is 1. The van der Waals surface area contributed by atoms with Crippen LogP contribution in [0.15, 0.2) is 24.3 Å². The van der Waals surface area contributed by atoms with Crippen molar-refractivity contribution < 1.29 is 9.53 Å². The van der Waals surface area contributed by atoms with E-state index in [-0.39, 0.29) is 21.4 Å². The molecule has 7 heteroatoms. The van der Waals surface area contributed by atoms with Crippen molar-refractivity contribution in [1.29, 1.82) is 0 Å². The van der Waals surface area contributed by atoms with Crippen molar-refractivity contribution in [2.45, 2.75) is 13.0 Å². The summed E-state index contributed by atoms with van der Waals surface area (Å²) in [5, 5.41) is 7.69. The van der Waals surface area contributed by atoms with Crippen LogP contribution in [-0.2, 0) is 0 Å². The Hall–Kier alpha value is -1.66. The van der Waals surface area contributed by atoms with Crippen LogP contribution < -0.4 is 4.74 Å². The zero-order valence-corrected chi connectivity index (χ0v) is 12.9. The van der Waals surface area contributed by atoms with Crippen LogP contribution in [0, 0.1) is 0 Å². The summed E-state index contributed by atoms with van der Waals surface area (Å²) in [5.74, 6) is 0.530. The first-order chi connectivity index (χ1) is 9.54. The van der Waals surface area contributed by atoms with Gasteiger partial charge < -0.3 is 9.64 Å². The average molecular weight is 312 g/mol. The molecule has 0 bridgehead atoms. The molecule has 5 nitrogen and oxygen atoms in total. The van der Waals surface area contributed by atoms with E-state index in [1.54, 1.807) is 19.1 Å². The summed E-state index contributed by atoms with van der Waals surface area (Å²) in [7, 11) is 3.33.